The van der Waals surface area contributed by atoms with Gasteiger partial charge in [-0.05, 0) is 30.9 Å². The minimum atomic E-state index is -0.326. The van der Waals surface area contributed by atoms with Gasteiger partial charge in [0.15, 0.2) is 0 Å². The molecule has 1 unspecified atom stereocenters. The molecule has 2 heterocycles. The van der Waals surface area contributed by atoms with E-state index >= 15 is 0 Å². The monoisotopic (exact) mass is 346 g/mol. The first-order valence-corrected chi connectivity index (χ1v) is 8.39. The molecule has 6 nitrogen and oxygen atoms in total. The highest BCUT2D eigenvalue weighted by molar-refractivity contribution is 6.33. The van der Waals surface area contributed by atoms with Crippen molar-refractivity contribution in [2.24, 2.45) is 0 Å². The molecule has 0 aliphatic heterocycles. The predicted molar refractivity (Wildman–Crippen MR) is 91.3 cm³/mol. The Balaban J connectivity index is 1.86. The van der Waals surface area contributed by atoms with Crippen molar-refractivity contribution in [2.75, 3.05) is 0 Å². The number of nitrogens with one attached hydrogen (secondary N) is 2. The highest BCUT2D eigenvalue weighted by atomic mass is 35.5. The molecule has 2 N–H and O–H groups in total. The average Bonchev–Trinajstić information content (AvgIpc) is 2.54. The second-order valence-corrected chi connectivity index (χ2v) is 6.66. The maximum Gasteiger partial charge on any atom is 0.272 e. The maximum atomic E-state index is 12.6. The van der Waals surface area contributed by atoms with Crippen LogP contribution in [0.1, 0.15) is 66.2 Å². The lowest BCUT2D eigenvalue weighted by Crippen LogP contribution is -2.33. The van der Waals surface area contributed by atoms with Gasteiger partial charge in [-0.1, -0.05) is 25.4 Å². The minimum Gasteiger partial charge on any atom is -0.344 e. The third-order valence-electron chi connectivity index (χ3n) is 4.13. The molecule has 1 amide bonds. The summed E-state index contributed by atoms with van der Waals surface area (Å²) in [5.74, 6) is 0.362. The van der Waals surface area contributed by atoms with E-state index in [1.54, 1.807) is 6.07 Å². The van der Waals surface area contributed by atoms with Gasteiger partial charge in [0.1, 0.15) is 11.5 Å². The summed E-state index contributed by atoms with van der Waals surface area (Å²) >= 11 is 6.10. The Morgan fingerprint density at radius 1 is 1.42 bits per heavy atom. The topological polar surface area (TPSA) is 87.7 Å². The zero-order valence-electron chi connectivity index (χ0n) is 13.6. The molecule has 24 heavy (non-hydrogen) atoms. The molecule has 126 valence electrons. The van der Waals surface area contributed by atoms with Gasteiger partial charge in [0.2, 0.25) is 5.56 Å². The molecule has 2 aromatic rings. The summed E-state index contributed by atoms with van der Waals surface area (Å²) in [6.45, 7) is 3.91. The van der Waals surface area contributed by atoms with Gasteiger partial charge in [-0.25, -0.2) is 9.97 Å². The molecular formula is C17H19ClN4O2. The number of hydrogen-bond donors (Lipinski definition) is 2. The number of amides is 1. The Kier molecular flexibility index (Phi) is 4.66. The van der Waals surface area contributed by atoms with Crippen LogP contribution in [0.25, 0.3) is 0 Å². The third-order valence-corrected chi connectivity index (χ3v) is 4.41. The number of carbonyl (C=O) groups excluding carboxylic acids is 1. The highest BCUT2D eigenvalue weighted by Gasteiger charge is 2.24. The molecule has 0 fully saturated rings. The first kappa shape index (κ1) is 16.6. The van der Waals surface area contributed by atoms with Crippen LogP contribution >= 0.6 is 11.6 Å². The molecule has 1 aliphatic rings. The molecule has 0 radical (unpaired) electrons. The van der Waals surface area contributed by atoms with Crippen LogP contribution in [0.15, 0.2) is 23.1 Å². The van der Waals surface area contributed by atoms with Crippen LogP contribution in [0.3, 0.4) is 0 Å². The fourth-order valence-corrected chi connectivity index (χ4v) is 3.07. The fourth-order valence-electron chi connectivity index (χ4n) is 2.90. The van der Waals surface area contributed by atoms with Crippen molar-refractivity contribution in [3.8, 4) is 0 Å². The van der Waals surface area contributed by atoms with Crippen LogP contribution in [0.2, 0.25) is 5.02 Å². The van der Waals surface area contributed by atoms with Crippen molar-refractivity contribution in [2.45, 2.75) is 45.1 Å². The number of rotatable bonds is 3. The number of carbonyl (C=O) groups is 1. The van der Waals surface area contributed by atoms with E-state index in [4.69, 9.17) is 11.6 Å². The molecule has 0 saturated heterocycles. The summed E-state index contributed by atoms with van der Waals surface area (Å²) in [4.78, 5) is 35.4. The third kappa shape index (κ3) is 3.33. The van der Waals surface area contributed by atoms with E-state index in [-0.39, 0.29) is 34.1 Å². The van der Waals surface area contributed by atoms with E-state index in [0.29, 0.717) is 5.82 Å². The van der Waals surface area contributed by atoms with E-state index in [2.05, 4.69) is 20.3 Å². The molecule has 1 atom stereocenters. The summed E-state index contributed by atoms with van der Waals surface area (Å²) in [6, 6.07) is 3.10. The van der Waals surface area contributed by atoms with Gasteiger partial charge < -0.3 is 10.3 Å². The maximum absolute atomic E-state index is 12.6. The summed E-state index contributed by atoms with van der Waals surface area (Å²) in [7, 11) is 0. The number of aromatic nitrogens is 3. The predicted octanol–water partition coefficient (Wildman–Crippen LogP) is 2.75. The zero-order valence-corrected chi connectivity index (χ0v) is 14.4. The average molecular weight is 347 g/mol. The lowest BCUT2D eigenvalue weighted by molar-refractivity contribution is 0.0927. The minimum absolute atomic E-state index is 0.106. The van der Waals surface area contributed by atoms with Crippen molar-refractivity contribution in [1.29, 1.82) is 0 Å². The van der Waals surface area contributed by atoms with E-state index in [0.717, 1.165) is 30.5 Å². The molecule has 0 aromatic carbocycles. The van der Waals surface area contributed by atoms with Crippen molar-refractivity contribution >= 4 is 17.5 Å². The lowest BCUT2D eigenvalue weighted by Gasteiger charge is -2.25. The smallest absolute Gasteiger partial charge is 0.272 e. The van der Waals surface area contributed by atoms with Crippen LogP contribution in [-0.4, -0.2) is 20.9 Å². The Labute approximate surface area is 144 Å². The quantitative estimate of drug-likeness (QED) is 0.894. The lowest BCUT2D eigenvalue weighted by atomic mass is 9.91. The van der Waals surface area contributed by atoms with Crippen LogP contribution < -0.4 is 10.9 Å². The first-order chi connectivity index (χ1) is 11.5. The van der Waals surface area contributed by atoms with Crippen molar-refractivity contribution in [3.63, 3.8) is 0 Å². The van der Waals surface area contributed by atoms with Gasteiger partial charge in [0.25, 0.3) is 5.91 Å². The molecule has 2 aromatic heterocycles. The van der Waals surface area contributed by atoms with Crippen molar-refractivity contribution < 1.29 is 4.79 Å². The van der Waals surface area contributed by atoms with E-state index < -0.39 is 0 Å². The standard InChI is InChI=1S/C17H19ClN4O2/c1-9(2)16-19-8-11(18)15(22-16)17(24)21-13-5-3-4-12-10(13)6-7-14(23)20-12/h6-9,13H,3-5H2,1-2H3,(H,20,23)(H,21,24). The largest absolute Gasteiger partial charge is 0.344 e. The molecule has 7 heteroatoms. The van der Waals surface area contributed by atoms with E-state index in [1.807, 2.05) is 13.8 Å². The number of aryl methyl sites for hydroxylation is 1. The van der Waals surface area contributed by atoms with Gasteiger partial charge in [-0.3, -0.25) is 9.59 Å². The van der Waals surface area contributed by atoms with Crippen LogP contribution in [0.5, 0.6) is 0 Å². The van der Waals surface area contributed by atoms with Gasteiger partial charge in [-0.2, -0.15) is 0 Å². The van der Waals surface area contributed by atoms with Crippen molar-refractivity contribution in [1.82, 2.24) is 20.3 Å². The van der Waals surface area contributed by atoms with Crippen LogP contribution in [0.4, 0.5) is 0 Å². The summed E-state index contributed by atoms with van der Waals surface area (Å²) < 4.78 is 0. The summed E-state index contributed by atoms with van der Waals surface area (Å²) in [5, 5.41) is 3.21. The van der Waals surface area contributed by atoms with Crippen LogP contribution in [0, 0.1) is 0 Å². The number of pyridine rings is 1. The van der Waals surface area contributed by atoms with Gasteiger partial charge in [-0.15, -0.1) is 0 Å². The Bertz CT molecular complexity index is 832. The molecule has 1 aliphatic carbocycles. The van der Waals surface area contributed by atoms with Gasteiger partial charge >= 0.3 is 0 Å². The Hall–Kier alpha value is -2.21. The van der Waals surface area contributed by atoms with Crippen molar-refractivity contribution in [3.05, 3.63) is 56.5 Å². The molecule has 3 rings (SSSR count). The Morgan fingerprint density at radius 3 is 2.96 bits per heavy atom. The molecular weight excluding hydrogens is 328 g/mol. The molecule has 0 bridgehead atoms. The van der Waals surface area contributed by atoms with E-state index in [9.17, 15) is 9.59 Å². The summed E-state index contributed by atoms with van der Waals surface area (Å²) in [6.07, 6.45) is 3.98. The second-order valence-electron chi connectivity index (χ2n) is 6.25. The SMILES string of the molecule is CC(C)c1ncc(Cl)c(C(=O)NC2CCCc3[nH]c(=O)ccc32)n1. The van der Waals surface area contributed by atoms with Gasteiger partial charge in [0, 0.05) is 17.7 Å². The second kappa shape index (κ2) is 6.73. The molecule has 0 spiro atoms. The fraction of sp³-hybridized carbons (Fsp3) is 0.412. The molecule has 0 saturated carbocycles. The number of aromatic amines is 1. The first-order valence-electron chi connectivity index (χ1n) is 8.01. The number of H-pyrrole nitrogens is 1. The number of halogens is 1. The zero-order chi connectivity index (χ0) is 17.3. The number of hydrogen-bond acceptors (Lipinski definition) is 4. The Morgan fingerprint density at radius 2 is 2.21 bits per heavy atom. The normalized spacial score (nSPS) is 16.8. The number of nitrogens with zero attached hydrogens (tertiary/aromatic N) is 2. The summed E-state index contributed by atoms with van der Waals surface area (Å²) in [5.41, 5.74) is 1.90. The van der Waals surface area contributed by atoms with E-state index in [1.165, 1.54) is 12.3 Å². The van der Waals surface area contributed by atoms with Crippen LogP contribution in [-0.2, 0) is 6.42 Å². The number of fused-ring (bicyclic) bond motifs is 1. The van der Waals surface area contributed by atoms with Gasteiger partial charge in [0.05, 0.1) is 17.3 Å². The highest BCUT2D eigenvalue weighted by Crippen LogP contribution is 2.28.